The molecule has 2 amide bonds. The molecule has 0 aromatic heterocycles. The highest BCUT2D eigenvalue weighted by atomic mass is 32.2. The summed E-state index contributed by atoms with van der Waals surface area (Å²) < 4.78 is 114. The number of hydrogen-bond donors (Lipinski definition) is 1. The Balaban J connectivity index is 0.000000224. The number of ether oxygens (including phenoxy) is 2. The van der Waals surface area contributed by atoms with Gasteiger partial charge in [-0.05, 0) is 67.3 Å². The molecule has 3 aliphatic rings. The Morgan fingerprint density at radius 2 is 1.35 bits per heavy atom. The first-order valence-electron chi connectivity index (χ1n) is 15.5. The van der Waals surface area contributed by atoms with Crippen LogP contribution in [0.5, 0.6) is 0 Å². The van der Waals surface area contributed by atoms with Gasteiger partial charge in [-0.15, -0.1) is 0 Å². The van der Waals surface area contributed by atoms with E-state index in [-0.39, 0.29) is 49.4 Å². The maximum Gasteiger partial charge on any atom is 0.414 e. The zero-order chi connectivity index (χ0) is 36.6. The minimum absolute atomic E-state index is 0. The topological polar surface area (TPSA) is 148 Å². The van der Waals surface area contributed by atoms with E-state index in [1.807, 2.05) is 6.92 Å². The van der Waals surface area contributed by atoms with Gasteiger partial charge in [0.1, 0.15) is 35.3 Å². The standard InChI is InChI=1S/C17H16FNO5S.C16H18F3NO4S.CH4/c1-25(22,23)14-5-2-11(3-6-14)15-7-4-12(8-16(15)18)19-9-13(10-20)24-17(19)21;1-2-11-9-20(15(21)24-11)10-7-12(17)14(13(18)8-10)16(19)3-5-25(22,23)6-4-16;/h2-8,13,20H,9-10H2,1H3;7-8,11H,2-6,9H2,1H3;1H4/t13-;11-;/m10./s1. The van der Waals surface area contributed by atoms with Gasteiger partial charge in [0, 0.05) is 11.8 Å². The molecule has 6 rings (SSSR count). The molecule has 0 radical (unpaired) electrons. The zero-order valence-corrected chi connectivity index (χ0v) is 28.6. The molecule has 17 heteroatoms. The number of amides is 2. The van der Waals surface area contributed by atoms with Crippen LogP contribution in [0.2, 0.25) is 0 Å². The third kappa shape index (κ3) is 8.64. The molecule has 3 saturated heterocycles. The number of cyclic esters (lactones) is 2. The second-order valence-electron chi connectivity index (χ2n) is 12.2. The molecule has 3 heterocycles. The van der Waals surface area contributed by atoms with E-state index in [4.69, 9.17) is 14.6 Å². The number of halogens is 4. The first-order chi connectivity index (χ1) is 23.4. The van der Waals surface area contributed by atoms with Gasteiger partial charge in [-0.25, -0.2) is 44.0 Å². The predicted octanol–water partition coefficient (Wildman–Crippen LogP) is 5.92. The van der Waals surface area contributed by atoms with Crippen LogP contribution in [0.25, 0.3) is 11.1 Å². The lowest BCUT2D eigenvalue weighted by Crippen LogP contribution is -2.35. The monoisotopic (exact) mass is 758 g/mol. The molecule has 3 aromatic rings. The largest absolute Gasteiger partial charge is 0.444 e. The Kier molecular flexibility index (Phi) is 11.8. The van der Waals surface area contributed by atoms with Crippen molar-refractivity contribution in [2.24, 2.45) is 0 Å². The average molecular weight is 759 g/mol. The third-order valence-electron chi connectivity index (χ3n) is 8.67. The Labute approximate surface area is 293 Å². The summed E-state index contributed by atoms with van der Waals surface area (Å²) in [5.41, 5.74) is -2.06. The molecule has 0 bridgehead atoms. The minimum atomic E-state index is -3.38. The number of carbonyl (C=O) groups is 2. The normalized spacial score (nSPS) is 20.9. The molecule has 51 heavy (non-hydrogen) atoms. The fourth-order valence-corrected chi connectivity index (χ4v) is 7.92. The molecule has 2 atom stereocenters. The smallest absolute Gasteiger partial charge is 0.414 e. The van der Waals surface area contributed by atoms with Crippen LogP contribution in [0.1, 0.15) is 39.2 Å². The highest BCUT2D eigenvalue weighted by molar-refractivity contribution is 7.91. The Morgan fingerprint density at radius 1 is 0.843 bits per heavy atom. The molecule has 0 spiro atoms. The van der Waals surface area contributed by atoms with Gasteiger partial charge < -0.3 is 14.6 Å². The highest BCUT2D eigenvalue weighted by Crippen LogP contribution is 2.42. The van der Waals surface area contributed by atoms with Crippen LogP contribution >= 0.6 is 0 Å². The molecule has 3 fully saturated rings. The minimum Gasteiger partial charge on any atom is -0.444 e. The number of rotatable bonds is 7. The van der Waals surface area contributed by atoms with Crippen molar-refractivity contribution >= 4 is 43.2 Å². The van der Waals surface area contributed by atoms with E-state index in [2.05, 4.69) is 0 Å². The van der Waals surface area contributed by atoms with E-state index in [0.29, 0.717) is 17.7 Å². The van der Waals surface area contributed by atoms with Crippen molar-refractivity contribution in [1.29, 1.82) is 0 Å². The summed E-state index contributed by atoms with van der Waals surface area (Å²) in [4.78, 5) is 26.1. The summed E-state index contributed by atoms with van der Waals surface area (Å²) in [5, 5.41) is 9.05. The van der Waals surface area contributed by atoms with Crippen molar-refractivity contribution in [3.05, 3.63) is 77.6 Å². The first kappa shape index (κ1) is 39.6. The predicted molar refractivity (Wildman–Crippen MR) is 181 cm³/mol. The van der Waals surface area contributed by atoms with Crippen LogP contribution in [-0.4, -0.2) is 83.8 Å². The van der Waals surface area contributed by atoms with Crippen LogP contribution in [-0.2, 0) is 34.8 Å². The van der Waals surface area contributed by atoms with E-state index in [9.17, 15) is 39.6 Å². The van der Waals surface area contributed by atoms with E-state index in [0.717, 1.165) is 23.3 Å². The molecule has 3 aliphatic heterocycles. The number of carbonyl (C=O) groups excluding carboxylic acids is 2. The summed E-state index contributed by atoms with van der Waals surface area (Å²) in [6, 6.07) is 12.0. The molecule has 11 nitrogen and oxygen atoms in total. The summed E-state index contributed by atoms with van der Waals surface area (Å²) in [6.07, 6.45) is -1.66. The van der Waals surface area contributed by atoms with Crippen LogP contribution in [0.15, 0.2) is 59.5 Å². The van der Waals surface area contributed by atoms with Crippen molar-refractivity contribution in [2.75, 3.05) is 47.3 Å². The molecule has 1 N–H and O–H groups in total. The maximum absolute atomic E-state index is 15.0. The first-order valence-corrected chi connectivity index (χ1v) is 19.2. The second-order valence-corrected chi connectivity index (χ2v) is 16.5. The van der Waals surface area contributed by atoms with Gasteiger partial charge in [0.15, 0.2) is 19.7 Å². The number of anilines is 2. The highest BCUT2D eigenvalue weighted by Gasteiger charge is 2.43. The number of aliphatic hydroxyl groups is 1. The number of benzene rings is 3. The molecule has 0 aliphatic carbocycles. The van der Waals surface area contributed by atoms with Gasteiger partial charge in [-0.1, -0.05) is 26.5 Å². The van der Waals surface area contributed by atoms with Crippen LogP contribution in [0, 0.1) is 17.5 Å². The molecule has 0 saturated carbocycles. The Bertz CT molecular complexity index is 1970. The van der Waals surface area contributed by atoms with E-state index < -0.39 is 91.0 Å². The summed E-state index contributed by atoms with van der Waals surface area (Å²) in [6.45, 7) is 1.83. The Morgan fingerprint density at radius 3 is 1.82 bits per heavy atom. The quantitative estimate of drug-likeness (QED) is 0.290. The number of alkyl halides is 1. The Hall–Kier alpha value is -4.22. The van der Waals surface area contributed by atoms with Crippen molar-refractivity contribution in [1.82, 2.24) is 0 Å². The SMILES string of the molecule is C.CC[C@H]1CN(c2cc(F)c(C3(F)CCS(=O)(=O)CC3)c(F)c2)C(=O)O1.CS(=O)(=O)c1ccc(-c2ccc(N3C[C@H](CO)OC3=O)cc2F)cc1. The molecule has 0 unspecified atom stereocenters. The lowest BCUT2D eigenvalue weighted by molar-refractivity contribution is 0.0963. The third-order valence-corrected chi connectivity index (χ3v) is 11.5. The van der Waals surface area contributed by atoms with Crippen molar-refractivity contribution in [3.8, 4) is 11.1 Å². The number of sulfone groups is 2. The number of nitrogens with zero attached hydrogens (tertiary/aromatic N) is 2. The van der Waals surface area contributed by atoms with Crippen molar-refractivity contribution in [2.45, 2.75) is 56.4 Å². The van der Waals surface area contributed by atoms with E-state index >= 15 is 4.39 Å². The zero-order valence-electron chi connectivity index (χ0n) is 26.9. The maximum atomic E-state index is 15.0. The number of hydrogen-bond acceptors (Lipinski definition) is 9. The lowest BCUT2D eigenvalue weighted by Gasteiger charge is -2.30. The molecule has 3 aromatic carbocycles. The van der Waals surface area contributed by atoms with Gasteiger partial charge in [0.25, 0.3) is 0 Å². The van der Waals surface area contributed by atoms with Crippen molar-refractivity contribution < 1.29 is 58.6 Å². The van der Waals surface area contributed by atoms with Gasteiger partial charge in [0.05, 0.1) is 53.0 Å². The van der Waals surface area contributed by atoms with Gasteiger partial charge >= 0.3 is 12.2 Å². The van der Waals surface area contributed by atoms with E-state index in [1.165, 1.54) is 41.3 Å². The fourth-order valence-electron chi connectivity index (χ4n) is 5.82. The summed E-state index contributed by atoms with van der Waals surface area (Å²) in [7, 11) is -6.70. The molecular formula is C34H38F4N2O9S2. The lowest BCUT2D eigenvalue weighted by atomic mass is 9.89. The van der Waals surface area contributed by atoms with E-state index in [1.54, 1.807) is 6.07 Å². The summed E-state index contributed by atoms with van der Waals surface area (Å²) in [5.74, 6) is -3.74. The van der Waals surface area contributed by atoms with Gasteiger partial charge in [0.2, 0.25) is 0 Å². The van der Waals surface area contributed by atoms with Crippen LogP contribution in [0.4, 0.5) is 38.5 Å². The summed E-state index contributed by atoms with van der Waals surface area (Å²) >= 11 is 0. The van der Waals surface area contributed by atoms with Crippen LogP contribution < -0.4 is 9.80 Å². The second kappa shape index (κ2) is 15.2. The molecular weight excluding hydrogens is 721 g/mol. The van der Waals surface area contributed by atoms with Gasteiger partial charge in [-0.3, -0.25) is 9.80 Å². The number of aliphatic hydroxyl groups excluding tert-OH is 1. The molecule has 278 valence electrons. The van der Waals surface area contributed by atoms with Crippen molar-refractivity contribution in [3.63, 3.8) is 0 Å². The van der Waals surface area contributed by atoms with Gasteiger partial charge in [-0.2, -0.15) is 0 Å². The fraction of sp³-hybridized carbons (Fsp3) is 0.412. The average Bonchev–Trinajstić information content (AvgIpc) is 3.64. The van der Waals surface area contributed by atoms with Crippen LogP contribution in [0.3, 0.4) is 0 Å².